The second kappa shape index (κ2) is 6.00. The van der Waals surface area contributed by atoms with Crippen molar-refractivity contribution < 1.29 is 9.32 Å². The number of amides is 1. The van der Waals surface area contributed by atoms with E-state index in [-0.39, 0.29) is 11.8 Å². The van der Waals surface area contributed by atoms with E-state index in [4.69, 9.17) is 4.52 Å². The van der Waals surface area contributed by atoms with Crippen LogP contribution in [0, 0.1) is 17.8 Å². The molecule has 0 aromatic carbocycles. The summed E-state index contributed by atoms with van der Waals surface area (Å²) in [5.74, 6) is 3.63. The maximum absolute atomic E-state index is 12.0. The third-order valence-electron chi connectivity index (χ3n) is 4.53. The van der Waals surface area contributed by atoms with E-state index in [0.29, 0.717) is 37.1 Å². The first-order valence-electron chi connectivity index (χ1n) is 7.89. The second-order valence-electron chi connectivity index (χ2n) is 6.55. The molecule has 2 bridgehead atoms. The van der Waals surface area contributed by atoms with Crippen LogP contribution in [0.4, 0.5) is 0 Å². The lowest BCUT2D eigenvalue weighted by molar-refractivity contribution is -0.122. The van der Waals surface area contributed by atoms with Gasteiger partial charge in [-0.05, 0) is 30.6 Å². The molecule has 1 aromatic heterocycles. The van der Waals surface area contributed by atoms with E-state index in [2.05, 4.69) is 27.6 Å². The summed E-state index contributed by atoms with van der Waals surface area (Å²) >= 11 is 0. The molecule has 5 nitrogen and oxygen atoms in total. The van der Waals surface area contributed by atoms with Gasteiger partial charge in [-0.2, -0.15) is 4.98 Å². The third kappa shape index (κ3) is 3.34. The van der Waals surface area contributed by atoms with Crippen LogP contribution in [-0.2, 0) is 11.2 Å². The molecule has 3 rings (SSSR count). The van der Waals surface area contributed by atoms with Crippen molar-refractivity contribution in [3.8, 4) is 0 Å². The fourth-order valence-electron chi connectivity index (χ4n) is 3.35. The van der Waals surface area contributed by atoms with Crippen LogP contribution in [0.3, 0.4) is 0 Å². The van der Waals surface area contributed by atoms with Crippen molar-refractivity contribution in [1.29, 1.82) is 0 Å². The Labute approximate surface area is 125 Å². The summed E-state index contributed by atoms with van der Waals surface area (Å²) in [7, 11) is 0. The van der Waals surface area contributed by atoms with Crippen molar-refractivity contribution in [2.24, 2.45) is 17.8 Å². The second-order valence-corrected chi connectivity index (χ2v) is 6.55. The Hall–Kier alpha value is -1.65. The summed E-state index contributed by atoms with van der Waals surface area (Å²) in [6, 6.07) is 0. The highest BCUT2D eigenvalue weighted by Crippen LogP contribution is 2.44. The number of allylic oxidation sites excluding steroid dienone is 2. The van der Waals surface area contributed by atoms with Crippen LogP contribution in [0.15, 0.2) is 16.7 Å². The molecule has 0 radical (unpaired) electrons. The highest BCUT2D eigenvalue weighted by molar-refractivity contribution is 5.76. The normalized spacial score (nSPS) is 26.7. The maximum Gasteiger partial charge on any atom is 0.228 e. The van der Waals surface area contributed by atoms with Crippen LogP contribution in [-0.4, -0.2) is 22.6 Å². The topological polar surface area (TPSA) is 68.0 Å². The van der Waals surface area contributed by atoms with Crippen molar-refractivity contribution in [3.63, 3.8) is 0 Å². The summed E-state index contributed by atoms with van der Waals surface area (Å²) in [4.78, 5) is 16.3. The lowest BCUT2D eigenvalue weighted by Gasteiger charge is -2.17. The van der Waals surface area contributed by atoms with Gasteiger partial charge in [0.15, 0.2) is 5.82 Å². The van der Waals surface area contributed by atoms with Gasteiger partial charge < -0.3 is 9.84 Å². The van der Waals surface area contributed by atoms with Gasteiger partial charge in [0.05, 0.1) is 0 Å². The van der Waals surface area contributed by atoms with Crippen molar-refractivity contribution in [3.05, 3.63) is 23.9 Å². The summed E-state index contributed by atoms with van der Waals surface area (Å²) in [6.45, 7) is 4.62. The number of carbonyl (C=O) groups excluding carboxylic acids is 1. The number of aromatic nitrogens is 2. The molecular formula is C16H23N3O2. The zero-order valence-electron chi connectivity index (χ0n) is 12.7. The molecule has 3 atom stereocenters. The van der Waals surface area contributed by atoms with Gasteiger partial charge in [-0.3, -0.25) is 4.79 Å². The van der Waals surface area contributed by atoms with Crippen molar-refractivity contribution in [1.82, 2.24) is 15.5 Å². The number of fused-ring (bicyclic) bond motifs is 2. The molecule has 2 aliphatic rings. The Morgan fingerprint density at radius 3 is 2.90 bits per heavy atom. The van der Waals surface area contributed by atoms with Crippen LogP contribution >= 0.6 is 0 Å². The Bertz CT molecular complexity index is 535. The summed E-state index contributed by atoms with van der Waals surface area (Å²) < 4.78 is 5.16. The number of hydrogen-bond acceptors (Lipinski definition) is 4. The number of hydrogen-bond donors (Lipinski definition) is 1. The molecule has 1 aromatic rings. The number of nitrogens with one attached hydrogen (secondary N) is 1. The molecule has 1 N–H and O–H groups in total. The van der Waals surface area contributed by atoms with E-state index in [9.17, 15) is 4.79 Å². The van der Waals surface area contributed by atoms with Crippen LogP contribution in [0.1, 0.15) is 50.7 Å². The van der Waals surface area contributed by atoms with Gasteiger partial charge in [-0.25, -0.2) is 0 Å². The number of carbonyl (C=O) groups is 1. The molecule has 114 valence electrons. The summed E-state index contributed by atoms with van der Waals surface area (Å²) in [6.07, 6.45) is 8.27. The molecule has 0 spiro atoms. The first-order chi connectivity index (χ1) is 10.1. The number of nitrogens with zero attached hydrogens (tertiary/aromatic N) is 2. The van der Waals surface area contributed by atoms with E-state index in [1.54, 1.807) is 0 Å². The summed E-state index contributed by atoms with van der Waals surface area (Å²) in [5, 5.41) is 6.88. The zero-order valence-corrected chi connectivity index (χ0v) is 12.7. The van der Waals surface area contributed by atoms with Gasteiger partial charge in [0.1, 0.15) is 0 Å². The molecule has 1 saturated carbocycles. The molecule has 21 heavy (non-hydrogen) atoms. The van der Waals surface area contributed by atoms with Crippen molar-refractivity contribution in [2.75, 3.05) is 6.54 Å². The van der Waals surface area contributed by atoms with Gasteiger partial charge in [0.25, 0.3) is 0 Å². The molecule has 0 unspecified atom stereocenters. The minimum absolute atomic E-state index is 0.143. The van der Waals surface area contributed by atoms with Gasteiger partial charge in [0.2, 0.25) is 11.8 Å². The van der Waals surface area contributed by atoms with E-state index in [0.717, 1.165) is 11.7 Å². The average molecular weight is 289 g/mol. The van der Waals surface area contributed by atoms with E-state index in [1.165, 1.54) is 12.8 Å². The Morgan fingerprint density at radius 2 is 2.29 bits per heavy atom. The van der Waals surface area contributed by atoms with Gasteiger partial charge in [-0.1, -0.05) is 31.2 Å². The van der Waals surface area contributed by atoms with Crippen LogP contribution < -0.4 is 5.32 Å². The SMILES string of the molecule is CC(C)c1noc(CCNC(=O)C[C@@H]2C[C@@H]3C=C[C@H]2C3)n1. The largest absolute Gasteiger partial charge is 0.356 e. The number of rotatable bonds is 6. The van der Waals surface area contributed by atoms with E-state index >= 15 is 0 Å². The Kier molecular flexibility index (Phi) is 4.08. The first kappa shape index (κ1) is 14.3. The molecule has 5 heteroatoms. The molecule has 1 amide bonds. The van der Waals surface area contributed by atoms with Crippen LogP contribution in [0.2, 0.25) is 0 Å². The van der Waals surface area contributed by atoms with Gasteiger partial charge in [0, 0.05) is 25.3 Å². The molecule has 0 aliphatic heterocycles. The molecule has 0 saturated heterocycles. The van der Waals surface area contributed by atoms with E-state index in [1.807, 2.05) is 13.8 Å². The quantitative estimate of drug-likeness (QED) is 0.817. The molecule has 2 aliphatic carbocycles. The monoisotopic (exact) mass is 289 g/mol. The predicted molar refractivity (Wildman–Crippen MR) is 78.6 cm³/mol. The molecular weight excluding hydrogens is 266 g/mol. The fraction of sp³-hybridized carbons (Fsp3) is 0.688. The Morgan fingerprint density at radius 1 is 1.43 bits per heavy atom. The van der Waals surface area contributed by atoms with Gasteiger partial charge in [-0.15, -0.1) is 0 Å². The first-order valence-corrected chi connectivity index (χ1v) is 7.89. The highest BCUT2D eigenvalue weighted by Gasteiger charge is 2.36. The lowest BCUT2D eigenvalue weighted by Crippen LogP contribution is -2.28. The fourth-order valence-corrected chi connectivity index (χ4v) is 3.35. The van der Waals surface area contributed by atoms with Gasteiger partial charge >= 0.3 is 0 Å². The lowest BCUT2D eigenvalue weighted by atomic mass is 9.90. The zero-order chi connectivity index (χ0) is 14.8. The third-order valence-corrected chi connectivity index (χ3v) is 4.53. The standard InChI is InChI=1S/C16H23N3O2/c1-10(2)16-18-15(21-19-16)5-6-17-14(20)9-13-8-11-3-4-12(13)7-11/h3-4,10-13H,5-9H2,1-2H3,(H,17,20)/t11-,12+,13+/m1/s1. The molecule has 1 fully saturated rings. The van der Waals surface area contributed by atoms with Crippen LogP contribution in [0.5, 0.6) is 0 Å². The average Bonchev–Trinajstić information content (AvgIpc) is 3.13. The minimum Gasteiger partial charge on any atom is -0.356 e. The van der Waals surface area contributed by atoms with Crippen LogP contribution in [0.25, 0.3) is 0 Å². The Balaban J connectivity index is 1.38. The molecule has 1 heterocycles. The van der Waals surface area contributed by atoms with Crippen molar-refractivity contribution >= 4 is 5.91 Å². The minimum atomic E-state index is 0.143. The predicted octanol–water partition coefficient (Wildman–Crippen LogP) is 2.45. The summed E-state index contributed by atoms with van der Waals surface area (Å²) in [5.41, 5.74) is 0. The maximum atomic E-state index is 12.0. The smallest absolute Gasteiger partial charge is 0.228 e. The van der Waals surface area contributed by atoms with Crippen molar-refractivity contribution in [2.45, 2.75) is 45.4 Å². The highest BCUT2D eigenvalue weighted by atomic mass is 16.5. The van der Waals surface area contributed by atoms with E-state index < -0.39 is 0 Å².